The van der Waals surface area contributed by atoms with Crippen LogP contribution in [0.15, 0.2) is 30.3 Å². The van der Waals surface area contributed by atoms with E-state index in [0.29, 0.717) is 34.2 Å². The number of aryl methyl sites for hydroxylation is 1. The lowest BCUT2D eigenvalue weighted by molar-refractivity contribution is -0.140. The van der Waals surface area contributed by atoms with Gasteiger partial charge < -0.3 is 11.1 Å². The van der Waals surface area contributed by atoms with E-state index in [1.807, 2.05) is 0 Å². The maximum Gasteiger partial charge on any atom is 0.433 e. The van der Waals surface area contributed by atoms with E-state index in [9.17, 15) is 27.2 Å². The normalized spacial score (nSPS) is 12.6. The predicted molar refractivity (Wildman–Crippen MR) is 133 cm³/mol. The van der Waals surface area contributed by atoms with Crippen molar-refractivity contribution in [3.63, 3.8) is 0 Å². The predicted octanol–water partition coefficient (Wildman–Crippen LogP) is 6.28. The average Bonchev–Trinajstić information content (AvgIpc) is 3.32. The maximum absolute atomic E-state index is 13.7. The van der Waals surface area contributed by atoms with Crippen LogP contribution in [0, 0.1) is 19.7 Å². The number of carbonyl (C=O) groups excluding carboxylic acids is 2. The first-order chi connectivity index (χ1) is 17.3. The summed E-state index contributed by atoms with van der Waals surface area (Å²) in [6.07, 6.45) is -4.51. The lowest BCUT2D eigenvalue weighted by Gasteiger charge is -2.18. The molecule has 13 heteroatoms. The zero-order valence-electron chi connectivity index (χ0n) is 19.7. The second-order valence-electron chi connectivity index (χ2n) is 8.25. The third-order valence-electron chi connectivity index (χ3n) is 5.80. The number of aromatic nitrogens is 3. The minimum atomic E-state index is -4.80. The molecule has 0 spiro atoms. The van der Waals surface area contributed by atoms with Crippen molar-refractivity contribution in [2.75, 3.05) is 5.32 Å². The number of alkyl halides is 3. The summed E-state index contributed by atoms with van der Waals surface area (Å²) in [5.41, 5.74) is 5.54. The van der Waals surface area contributed by atoms with Gasteiger partial charge in [0.05, 0.1) is 22.1 Å². The number of nitrogens with one attached hydrogen (secondary N) is 1. The van der Waals surface area contributed by atoms with E-state index in [0.717, 1.165) is 18.2 Å². The van der Waals surface area contributed by atoms with E-state index < -0.39 is 35.5 Å². The molecule has 0 saturated heterocycles. The molecular weight excluding hydrogens is 534 g/mol. The van der Waals surface area contributed by atoms with Gasteiger partial charge in [-0.25, -0.2) is 9.37 Å². The number of amides is 2. The van der Waals surface area contributed by atoms with Crippen molar-refractivity contribution in [2.45, 2.75) is 39.4 Å². The zero-order chi connectivity index (χ0) is 27.2. The highest BCUT2D eigenvalue weighted by Crippen LogP contribution is 2.44. The molecule has 0 bridgehead atoms. The summed E-state index contributed by atoms with van der Waals surface area (Å²) in [5, 5.41) is 7.47. The van der Waals surface area contributed by atoms with Crippen molar-refractivity contribution in [1.82, 2.24) is 14.8 Å². The van der Waals surface area contributed by atoms with Gasteiger partial charge in [0.15, 0.2) is 0 Å². The molecule has 0 aliphatic carbocycles. The maximum atomic E-state index is 13.7. The molecule has 0 aliphatic heterocycles. The molecule has 1 unspecified atom stereocenters. The van der Waals surface area contributed by atoms with Crippen molar-refractivity contribution >= 4 is 50.7 Å². The Morgan fingerprint density at radius 3 is 2.38 bits per heavy atom. The molecule has 0 saturated carbocycles. The number of primary amides is 1. The van der Waals surface area contributed by atoms with E-state index in [1.165, 1.54) is 16.8 Å². The molecule has 0 aliphatic rings. The van der Waals surface area contributed by atoms with Gasteiger partial charge in [0.25, 0.3) is 5.91 Å². The van der Waals surface area contributed by atoms with Gasteiger partial charge in [-0.3, -0.25) is 14.3 Å². The SMILES string of the molecule is CCC(C(=O)Nc1c(C(N)=O)sc2nc(C(F)(F)F)cc(-c3ccc(F)cc3)c12)n1nc(C)c(Cl)c1C. The molecule has 1 atom stereocenters. The Bertz CT molecular complexity index is 1530. The number of thiophene rings is 1. The molecule has 7 nitrogen and oxygen atoms in total. The number of benzene rings is 1. The molecule has 3 aromatic heterocycles. The van der Waals surface area contributed by atoms with Crippen LogP contribution in [0.1, 0.15) is 46.1 Å². The Hall–Kier alpha value is -3.51. The Kier molecular flexibility index (Phi) is 6.99. The Balaban J connectivity index is 1.93. The van der Waals surface area contributed by atoms with Crippen LogP contribution in [0.25, 0.3) is 21.3 Å². The van der Waals surface area contributed by atoms with Crippen LogP contribution in [0.5, 0.6) is 0 Å². The second kappa shape index (κ2) is 9.75. The summed E-state index contributed by atoms with van der Waals surface area (Å²) in [7, 11) is 0. The molecule has 0 radical (unpaired) electrons. The smallest absolute Gasteiger partial charge is 0.365 e. The minimum Gasteiger partial charge on any atom is -0.365 e. The molecular formula is C24H20ClF4N5O2S. The van der Waals surface area contributed by atoms with Crippen LogP contribution < -0.4 is 11.1 Å². The van der Waals surface area contributed by atoms with Gasteiger partial charge in [-0.1, -0.05) is 30.7 Å². The average molecular weight is 554 g/mol. The Labute approximate surface area is 217 Å². The number of carbonyl (C=O) groups is 2. The monoisotopic (exact) mass is 553 g/mol. The lowest BCUT2D eigenvalue weighted by atomic mass is 10.0. The van der Waals surface area contributed by atoms with Gasteiger partial charge in [0.2, 0.25) is 5.91 Å². The van der Waals surface area contributed by atoms with E-state index in [2.05, 4.69) is 15.4 Å². The first-order valence-electron chi connectivity index (χ1n) is 11.0. The van der Waals surface area contributed by atoms with Gasteiger partial charge in [0, 0.05) is 5.39 Å². The quantitative estimate of drug-likeness (QED) is 0.274. The number of pyridine rings is 1. The first-order valence-corrected chi connectivity index (χ1v) is 12.1. The van der Waals surface area contributed by atoms with E-state index in [-0.39, 0.29) is 31.9 Å². The summed E-state index contributed by atoms with van der Waals surface area (Å²) < 4.78 is 56.0. The fourth-order valence-electron chi connectivity index (χ4n) is 4.02. The summed E-state index contributed by atoms with van der Waals surface area (Å²) in [6, 6.07) is 4.72. The number of hydrogen-bond donors (Lipinski definition) is 2. The zero-order valence-corrected chi connectivity index (χ0v) is 21.3. The van der Waals surface area contributed by atoms with Crippen LogP contribution in [0.3, 0.4) is 0 Å². The van der Waals surface area contributed by atoms with E-state index in [4.69, 9.17) is 17.3 Å². The minimum absolute atomic E-state index is 0.00131. The largest absolute Gasteiger partial charge is 0.433 e. The standard InChI is InChI=1S/C24H20ClF4N5O2S/c1-4-15(34-11(3)18(25)10(2)33-34)22(36)32-19-17-14(12-5-7-13(26)8-6-12)9-16(24(27,28)29)31-23(17)37-20(19)21(30)35/h5-9,15H,4H2,1-3H3,(H2,30,35)(H,32,36). The van der Waals surface area contributed by atoms with Gasteiger partial charge >= 0.3 is 6.18 Å². The van der Waals surface area contributed by atoms with Gasteiger partial charge in [-0.15, -0.1) is 11.3 Å². The van der Waals surface area contributed by atoms with Crippen molar-refractivity contribution in [1.29, 1.82) is 0 Å². The van der Waals surface area contributed by atoms with Crippen molar-refractivity contribution in [3.05, 3.63) is 63.1 Å². The molecule has 3 N–H and O–H groups in total. The van der Waals surface area contributed by atoms with Crippen LogP contribution >= 0.6 is 22.9 Å². The molecule has 4 rings (SSSR count). The first kappa shape index (κ1) is 26.6. The number of nitrogens with zero attached hydrogens (tertiary/aromatic N) is 3. The fraction of sp³-hybridized carbons (Fsp3) is 0.250. The topological polar surface area (TPSA) is 103 Å². The number of hydrogen-bond acceptors (Lipinski definition) is 5. The third kappa shape index (κ3) is 4.90. The Morgan fingerprint density at radius 2 is 1.86 bits per heavy atom. The number of rotatable bonds is 6. The number of halogens is 5. The number of anilines is 1. The summed E-state index contributed by atoms with van der Waals surface area (Å²) in [6.45, 7) is 5.13. The number of fused-ring (bicyclic) bond motifs is 1. The lowest BCUT2D eigenvalue weighted by Crippen LogP contribution is -2.28. The molecule has 0 fully saturated rings. The molecule has 1 aromatic carbocycles. The summed E-state index contributed by atoms with van der Waals surface area (Å²) >= 11 is 6.86. The van der Waals surface area contributed by atoms with E-state index >= 15 is 0 Å². The Morgan fingerprint density at radius 1 is 1.22 bits per heavy atom. The summed E-state index contributed by atoms with van der Waals surface area (Å²) in [5.74, 6) is -2.13. The van der Waals surface area contributed by atoms with Crippen molar-refractivity contribution in [3.8, 4) is 11.1 Å². The summed E-state index contributed by atoms with van der Waals surface area (Å²) in [4.78, 5) is 29.1. The molecule has 4 aromatic rings. The highest BCUT2D eigenvalue weighted by atomic mass is 35.5. The van der Waals surface area contributed by atoms with Crippen molar-refractivity contribution in [2.24, 2.45) is 5.73 Å². The molecule has 194 valence electrons. The van der Waals surface area contributed by atoms with Gasteiger partial charge in [0.1, 0.15) is 27.3 Å². The molecule has 2 amide bonds. The van der Waals surface area contributed by atoms with E-state index in [1.54, 1.807) is 20.8 Å². The fourth-order valence-corrected chi connectivity index (χ4v) is 5.15. The van der Waals surface area contributed by atoms with Crippen LogP contribution in [-0.2, 0) is 11.0 Å². The van der Waals surface area contributed by atoms with Crippen LogP contribution in [-0.4, -0.2) is 26.6 Å². The molecule has 3 heterocycles. The highest BCUT2D eigenvalue weighted by Gasteiger charge is 2.35. The van der Waals surface area contributed by atoms with Gasteiger partial charge in [-0.2, -0.15) is 18.3 Å². The van der Waals surface area contributed by atoms with Crippen molar-refractivity contribution < 1.29 is 27.2 Å². The van der Waals surface area contributed by atoms with Crippen LogP contribution in [0.2, 0.25) is 5.02 Å². The second-order valence-corrected chi connectivity index (χ2v) is 9.63. The third-order valence-corrected chi connectivity index (χ3v) is 7.45. The number of nitrogens with two attached hydrogens (primary N) is 1. The molecule has 37 heavy (non-hydrogen) atoms. The highest BCUT2D eigenvalue weighted by molar-refractivity contribution is 7.21. The van der Waals surface area contributed by atoms with Crippen LogP contribution in [0.4, 0.5) is 23.2 Å². The van der Waals surface area contributed by atoms with Gasteiger partial charge in [-0.05, 0) is 49.6 Å².